The molecule has 1 aromatic heterocycles. The number of aromatic nitrogens is 1. The van der Waals surface area contributed by atoms with Gasteiger partial charge in [-0.25, -0.2) is 0 Å². The number of Topliss-reactive ketones (excluding diaryl/α,β-unsaturated/α-hetero) is 1. The summed E-state index contributed by atoms with van der Waals surface area (Å²) in [6, 6.07) is 1.84. The third-order valence-electron chi connectivity index (χ3n) is 2.33. The van der Waals surface area contributed by atoms with E-state index in [1.54, 1.807) is 12.4 Å². The monoisotopic (exact) mass is 149 g/mol. The van der Waals surface area contributed by atoms with E-state index in [0.717, 1.165) is 12.0 Å². The molecule has 0 saturated heterocycles. The fourth-order valence-electron chi connectivity index (χ4n) is 1.38. The van der Waals surface area contributed by atoms with Gasteiger partial charge in [-0.3, -0.25) is 4.79 Å². The van der Waals surface area contributed by atoms with Crippen molar-refractivity contribution in [3.05, 3.63) is 24.0 Å². The van der Waals surface area contributed by atoms with Gasteiger partial charge in [0.05, 0.1) is 0 Å². The molecule has 1 N–H and O–H groups in total. The highest BCUT2D eigenvalue weighted by Crippen LogP contribution is 2.40. The van der Waals surface area contributed by atoms with Crippen molar-refractivity contribution < 1.29 is 4.79 Å². The summed E-state index contributed by atoms with van der Waals surface area (Å²) in [5.74, 6) is 1.22. The number of aromatic amines is 1. The van der Waals surface area contributed by atoms with Crippen LogP contribution in [0.3, 0.4) is 0 Å². The molecule has 0 amide bonds. The molecule has 1 heterocycles. The van der Waals surface area contributed by atoms with Gasteiger partial charge in [-0.2, -0.15) is 0 Å². The molecule has 0 bridgehead atoms. The van der Waals surface area contributed by atoms with E-state index in [-0.39, 0.29) is 0 Å². The summed E-state index contributed by atoms with van der Waals surface area (Å²) in [6.45, 7) is 2.12. The smallest absolute Gasteiger partial charge is 0.167 e. The predicted molar refractivity (Wildman–Crippen MR) is 42.4 cm³/mol. The molecule has 1 aliphatic carbocycles. The first-order chi connectivity index (χ1) is 5.29. The molecular weight excluding hydrogens is 138 g/mol. The Morgan fingerprint density at radius 1 is 1.73 bits per heavy atom. The Labute approximate surface area is 65.6 Å². The molecule has 2 rings (SSSR count). The predicted octanol–water partition coefficient (Wildman–Crippen LogP) is 1.85. The van der Waals surface area contributed by atoms with Gasteiger partial charge in [-0.15, -0.1) is 0 Å². The minimum absolute atomic E-state index is 0.304. The molecule has 2 heteroatoms. The van der Waals surface area contributed by atoms with Crippen LogP contribution in [0.25, 0.3) is 0 Å². The maximum atomic E-state index is 11.5. The number of hydrogen-bond donors (Lipinski definition) is 1. The lowest BCUT2D eigenvalue weighted by atomic mass is 10.1. The van der Waals surface area contributed by atoms with Crippen molar-refractivity contribution in [1.29, 1.82) is 0 Å². The molecule has 0 aromatic carbocycles. The van der Waals surface area contributed by atoms with Crippen LogP contribution in [0, 0.1) is 11.8 Å². The average molecular weight is 149 g/mol. The summed E-state index contributed by atoms with van der Waals surface area (Å²) in [4.78, 5) is 14.3. The maximum absolute atomic E-state index is 11.5. The van der Waals surface area contributed by atoms with Crippen molar-refractivity contribution in [2.24, 2.45) is 11.8 Å². The zero-order valence-corrected chi connectivity index (χ0v) is 6.50. The van der Waals surface area contributed by atoms with Crippen LogP contribution < -0.4 is 0 Å². The number of rotatable bonds is 2. The normalized spacial score (nSPS) is 28.5. The number of H-pyrrole nitrogens is 1. The maximum Gasteiger partial charge on any atom is 0.167 e. The summed E-state index contributed by atoms with van der Waals surface area (Å²) in [5.41, 5.74) is 0.833. The van der Waals surface area contributed by atoms with Crippen LogP contribution in [-0.4, -0.2) is 10.8 Å². The first kappa shape index (κ1) is 6.65. The molecule has 58 valence electrons. The van der Waals surface area contributed by atoms with Crippen LogP contribution in [-0.2, 0) is 0 Å². The van der Waals surface area contributed by atoms with Gasteiger partial charge >= 0.3 is 0 Å². The van der Waals surface area contributed by atoms with E-state index >= 15 is 0 Å². The molecular formula is C9H11NO. The summed E-state index contributed by atoms with van der Waals surface area (Å²) in [6.07, 6.45) is 4.64. The lowest BCUT2D eigenvalue weighted by molar-refractivity contribution is 0.0962. The molecule has 1 fully saturated rings. The van der Waals surface area contributed by atoms with Crippen LogP contribution in [0.1, 0.15) is 23.7 Å². The van der Waals surface area contributed by atoms with E-state index in [9.17, 15) is 4.79 Å². The van der Waals surface area contributed by atoms with Crippen LogP contribution in [0.15, 0.2) is 18.5 Å². The average Bonchev–Trinajstić information content (AvgIpc) is 2.56. The SMILES string of the molecule is CC1CC1C(=O)c1cc[nH]c1. The zero-order valence-electron chi connectivity index (χ0n) is 6.50. The van der Waals surface area contributed by atoms with Gasteiger partial charge in [0.2, 0.25) is 0 Å². The summed E-state index contributed by atoms with van der Waals surface area (Å²) in [5, 5.41) is 0. The Morgan fingerprint density at radius 2 is 2.45 bits per heavy atom. The van der Waals surface area contributed by atoms with Crippen molar-refractivity contribution in [3.8, 4) is 0 Å². The van der Waals surface area contributed by atoms with E-state index in [4.69, 9.17) is 0 Å². The number of carbonyl (C=O) groups is 1. The van der Waals surface area contributed by atoms with Crippen molar-refractivity contribution in [1.82, 2.24) is 4.98 Å². The fourth-order valence-corrected chi connectivity index (χ4v) is 1.38. The molecule has 1 aliphatic rings. The van der Waals surface area contributed by atoms with Gasteiger partial charge in [0, 0.05) is 23.9 Å². The largest absolute Gasteiger partial charge is 0.367 e. The molecule has 2 unspecified atom stereocenters. The molecule has 11 heavy (non-hydrogen) atoms. The summed E-state index contributed by atoms with van der Waals surface area (Å²) < 4.78 is 0. The van der Waals surface area contributed by atoms with E-state index in [1.165, 1.54) is 0 Å². The van der Waals surface area contributed by atoms with Gasteiger partial charge in [0.1, 0.15) is 0 Å². The van der Waals surface area contributed by atoms with Gasteiger partial charge in [-0.05, 0) is 18.4 Å². The Morgan fingerprint density at radius 3 is 2.91 bits per heavy atom. The number of nitrogens with one attached hydrogen (secondary N) is 1. The molecule has 0 radical (unpaired) electrons. The zero-order chi connectivity index (χ0) is 7.84. The second-order valence-electron chi connectivity index (χ2n) is 3.28. The molecule has 1 aromatic rings. The highest BCUT2D eigenvalue weighted by atomic mass is 16.1. The molecule has 2 atom stereocenters. The number of carbonyl (C=O) groups excluding carboxylic acids is 1. The van der Waals surface area contributed by atoms with Gasteiger partial charge in [0.25, 0.3) is 0 Å². The Balaban J connectivity index is 2.13. The highest BCUT2D eigenvalue weighted by molar-refractivity contribution is 5.99. The molecule has 0 spiro atoms. The molecule has 2 nitrogen and oxygen atoms in total. The van der Waals surface area contributed by atoms with Gasteiger partial charge in [0.15, 0.2) is 5.78 Å². The standard InChI is InChI=1S/C9H11NO/c1-6-4-8(6)9(11)7-2-3-10-5-7/h2-3,5-6,8,10H,4H2,1H3. The first-order valence-electron chi connectivity index (χ1n) is 3.96. The van der Waals surface area contributed by atoms with E-state index in [1.807, 2.05) is 6.07 Å². The topological polar surface area (TPSA) is 32.9 Å². The Kier molecular flexibility index (Phi) is 1.34. The van der Waals surface area contributed by atoms with E-state index < -0.39 is 0 Å². The van der Waals surface area contributed by atoms with Gasteiger partial charge < -0.3 is 4.98 Å². The minimum atomic E-state index is 0.304. The van der Waals surface area contributed by atoms with Gasteiger partial charge in [-0.1, -0.05) is 6.92 Å². The van der Waals surface area contributed by atoms with E-state index in [0.29, 0.717) is 17.6 Å². The first-order valence-corrected chi connectivity index (χ1v) is 3.96. The van der Waals surface area contributed by atoms with Crippen molar-refractivity contribution in [2.45, 2.75) is 13.3 Å². The second kappa shape index (κ2) is 2.22. The minimum Gasteiger partial charge on any atom is -0.367 e. The number of hydrogen-bond acceptors (Lipinski definition) is 1. The Hall–Kier alpha value is -1.05. The second-order valence-corrected chi connectivity index (χ2v) is 3.28. The Bertz CT molecular complexity index is 263. The lowest BCUT2D eigenvalue weighted by Gasteiger charge is -1.91. The van der Waals surface area contributed by atoms with Crippen LogP contribution in [0.5, 0.6) is 0 Å². The fraction of sp³-hybridized carbons (Fsp3) is 0.444. The van der Waals surface area contributed by atoms with E-state index in [2.05, 4.69) is 11.9 Å². The third-order valence-corrected chi connectivity index (χ3v) is 2.33. The third kappa shape index (κ3) is 1.09. The molecule has 0 aliphatic heterocycles. The number of ketones is 1. The highest BCUT2D eigenvalue weighted by Gasteiger charge is 2.39. The quantitative estimate of drug-likeness (QED) is 0.639. The lowest BCUT2D eigenvalue weighted by Crippen LogP contribution is -2.00. The van der Waals surface area contributed by atoms with Crippen molar-refractivity contribution in [2.75, 3.05) is 0 Å². The van der Waals surface area contributed by atoms with Crippen LogP contribution in [0.2, 0.25) is 0 Å². The molecule has 1 saturated carbocycles. The van der Waals surface area contributed by atoms with Crippen LogP contribution in [0.4, 0.5) is 0 Å². The van der Waals surface area contributed by atoms with Crippen molar-refractivity contribution >= 4 is 5.78 Å². The van der Waals surface area contributed by atoms with Crippen molar-refractivity contribution in [3.63, 3.8) is 0 Å². The summed E-state index contributed by atoms with van der Waals surface area (Å²) >= 11 is 0. The van der Waals surface area contributed by atoms with Crippen LogP contribution >= 0.6 is 0 Å². The summed E-state index contributed by atoms with van der Waals surface area (Å²) in [7, 11) is 0.